The molecule has 0 aromatic heterocycles. The van der Waals surface area contributed by atoms with E-state index in [1.807, 2.05) is 0 Å². The summed E-state index contributed by atoms with van der Waals surface area (Å²) in [5, 5.41) is 1.99. The summed E-state index contributed by atoms with van der Waals surface area (Å²) in [5.74, 6) is -4.58. The van der Waals surface area contributed by atoms with Gasteiger partial charge in [0.1, 0.15) is 5.82 Å². The van der Waals surface area contributed by atoms with E-state index in [-0.39, 0.29) is 21.8 Å². The maximum absolute atomic E-state index is 13.9. The Morgan fingerprint density at radius 1 is 1.22 bits per heavy atom. The minimum absolute atomic E-state index is 0.0323. The molecular weight excluding hydrogens is 329 g/mol. The van der Waals surface area contributed by atoms with Gasteiger partial charge in [-0.2, -0.15) is 8.78 Å². The van der Waals surface area contributed by atoms with Crippen LogP contribution < -0.4 is 11.1 Å². The molecule has 122 valence electrons. The highest BCUT2D eigenvalue weighted by atomic mass is 35.5. The highest BCUT2D eigenvalue weighted by molar-refractivity contribution is 6.34. The lowest BCUT2D eigenvalue weighted by atomic mass is 10.1. The molecule has 0 heterocycles. The third-order valence-corrected chi connectivity index (χ3v) is 3.56. The Balaban J connectivity index is 2.00. The van der Waals surface area contributed by atoms with Crippen molar-refractivity contribution in [3.63, 3.8) is 0 Å². The van der Waals surface area contributed by atoms with Gasteiger partial charge in [0.25, 0.3) is 5.92 Å². The number of Topliss-reactive ketones (excluding diaryl/α,β-unsaturated/α-hetero) is 1. The molecule has 0 spiro atoms. The zero-order valence-electron chi connectivity index (χ0n) is 12.0. The zero-order chi connectivity index (χ0) is 17.0. The van der Waals surface area contributed by atoms with Crippen LogP contribution in [0.4, 0.5) is 18.9 Å². The Morgan fingerprint density at radius 3 is 2.52 bits per heavy atom. The largest absolute Gasteiger partial charge is 0.399 e. The molecule has 2 rings (SSSR count). The van der Waals surface area contributed by atoms with Crippen molar-refractivity contribution >= 4 is 23.1 Å². The van der Waals surface area contributed by atoms with Crippen molar-refractivity contribution in [3.05, 3.63) is 64.4 Å². The zero-order valence-corrected chi connectivity index (χ0v) is 12.7. The molecule has 0 bridgehead atoms. The molecule has 7 heteroatoms. The van der Waals surface area contributed by atoms with Gasteiger partial charge in [-0.05, 0) is 12.1 Å². The highest BCUT2D eigenvalue weighted by Gasteiger charge is 2.31. The van der Waals surface area contributed by atoms with Crippen LogP contribution in [0.25, 0.3) is 0 Å². The summed E-state index contributed by atoms with van der Waals surface area (Å²) in [6.45, 7) is -1.14. The molecule has 0 atom stereocenters. The first-order valence-corrected chi connectivity index (χ1v) is 7.11. The van der Waals surface area contributed by atoms with Gasteiger partial charge in [-0.15, -0.1) is 0 Å². The molecule has 3 N–H and O–H groups in total. The normalized spacial score (nSPS) is 11.5. The highest BCUT2D eigenvalue weighted by Crippen LogP contribution is 2.27. The number of ketones is 1. The van der Waals surface area contributed by atoms with Gasteiger partial charge in [0, 0.05) is 16.8 Å². The number of halogens is 4. The van der Waals surface area contributed by atoms with Crippen molar-refractivity contribution in [2.45, 2.75) is 5.92 Å². The van der Waals surface area contributed by atoms with Gasteiger partial charge in [-0.1, -0.05) is 41.9 Å². The lowest BCUT2D eigenvalue weighted by Crippen LogP contribution is -2.34. The first-order valence-electron chi connectivity index (χ1n) is 6.73. The number of benzene rings is 2. The number of hydrogen-bond acceptors (Lipinski definition) is 3. The van der Waals surface area contributed by atoms with Gasteiger partial charge in [0.15, 0.2) is 5.78 Å². The Hall–Kier alpha value is -2.05. The van der Waals surface area contributed by atoms with Gasteiger partial charge in [-0.25, -0.2) is 4.39 Å². The predicted molar refractivity (Wildman–Crippen MR) is 83.4 cm³/mol. The smallest absolute Gasteiger partial charge is 0.285 e. The lowest BCUT2D eigenvalue weighted by molar-refractivity contribution is -0.00251. The van der Waals surface area contributed by atoms with E-state index >= 15 is 0 Å². The Labute approximate surface area is 136 Å². The van der Waals surface area contributed by atoms with Gasteiger partial charge in [-0.3, -0.25) is 4.79 Å². The van der Waals surface area contributed by atoms with Crippen molar-refractivity contribution in [2.24, 2.45) is 0 Å². The number of hydrogen-bond donors (Lipinski definition) is 2. The number of anilines is 1. The third kappa shape index (κ3) is 4.24. The fourth-order valence-electron chi connectivity index (χ4n) is 2.03. The maximum atomic E-state index is 13.9. The minimum Gasteiger partial charge on any atom is -0.399 e. The summed E-state index contributed by atoms with van der Waals surface area (Å²) in [7, 11) is 0. The van der Waals surface area contributed by atoms with Crippen LogP contribution in [0, 0.1) is 5.82 Å². The van der Waals surface area contributed by atoms with E-state index in [4.69, 9.17) is 17.3 Å². The molecule has 3 nitrogen and oxygen atoms in total. The average molecular weight is 343 g/mol. The monoisotopic (exact) mass is 342 g/mol. The Kier molecular flexibility index (Phi) is 5.28. The van der Waals surface area contributed by atoms with Crippen molar-refractivity contribution in [3.8, 4) is 0 Å². The predicted octanol–water partition coefficient (Wildman–Crippen LogP) is 3.63. The number of alkyl halides is 2. The number of carbonyl (C=O) groups is 1. The molecule has 0 aliphatic rings. The first-order chi connectivity index (χ1) is 10.8. The van der Waals surface area contributed by atoms with Crippen LogP contribution in [0.15, 0.2) is 42.5 Å². The first kappa shape index (κ1) is 17.3. The van der Waals surface area contributed by atoms with Crippen LogP contribution in [0.5, 0.6) is 0 Å². The summed E-state index contributed by atoms with van der Waals surface area (Å²) in [5.41, 5.74) is 5.18. The Morgan fingerprint density at radius 2 is 1.87 bits per heavy atom. The second kappa shape index (κ2) is 7.02. The second-order valence-electron chi connectivity index (χ2n) is 4.96. The van der Waals surface area contributed by atoms with E-state index in [1.54, 1.807) is 6.07 Å². The van der Waals surface area contributed by atoms with Crippen LogP contribution in [-0.2, 0) is 5.92 Å². The molecule has 0 unspecified atom stereocenters. The standard InChI is InChI=1S/C16H14ClF3N2O/c17-15-12(6-11(21)7-13(15)18)14(23)8-22-9-16(19,20)10-4-2-1-3-5-10/h1-7,22H,8-9,21H2. The van der Waals surface area contributed by atoms with Gasteiger partial charge in [0.05, 0.1) is 18.1 Å². The van der Waals surface area contributed by atoms with Crippen molar-refractivity contribution in [1.29, 1.82) is 0 Å². The molecule has 0 fully saturated rings. The van der Waals surface area contributed by atoms with E-state index in [0.717, 1.165) is 6.07 Å². The number of nitrogen functional groups attached to an aromatic ring is 1. The van der Waals surface area contributed by atoms with E-state index < -0.39 is 30.6 Å². The summed E-state index contributed by atoms with van der Waals surface area (Å²) in [6.07, 6.45) is 0. The second-order valence-corrected chi connectivity index (χ2v) is 5.34. The number of nitrogens with one attached hydrogen (secondary N) is 1. The molecule has 0 aliphatic carbocycles. The van der Waals surface area contributed by atoms with Crippen molar-refractivity contribution in [1.82, 2.24) is 5.32 Å². The van der Waals surface area contributed by atoms with E-state index in [0.29, 0.717) is 0 Å². The molecule has 2 aromatic carbocycles. The van der Waals surface area contributed by atoms with Crippen LogP contribution in [-0.4, -0.2) is 18.9 Å². The van der Waals surface area contributed by atoms with Crippen LogP contribution in [0.1, 0.15) is 15.9 Å². The van der Waals surface area contributed by atoms with Crippen LogP contribution in [0.3, 0.4) is 0 Å². The maximum Gasteiger partial charge on any atom is 0.285 e. The molecular formula is C16H14ClF3N2O. The summed E-state index contributed by atoms with van der Waals surface area (Å²) >= 11 is 5.70. The fourth-order valence-corrected chi connectivity index (χ4v) is 2.24. The van der Waals surface area contributed by atoms with E-state index in [2.05, 4.69) is 5.32 Å². The molecule has 0 saturated heterocycles. The fraction of sp³-hybridized carbons (Fsp3) is 0.188. The molecule has 2 aromatic rings. The number of carbonyl (C=O) groups excluding carboxylic acids is 1. The van der Waals surface area contributed by atoms with Crippen LogP contribution in [0.2, 0.25) is 5.02 Å². The molecule has 23 heavy (non-hydrogen) atoms. The SMILES string of the molecule is Nc1cc(F)c(Cl)c(C(=O)CNCC(F)(F)c2ccccc2)c1. The summed E-state index contributed by atoms with van der Waals surface area (Å²) in [4.78, 5) is 12.0. The molecule has 0 radical (unpaired) electrons. The Bertz CT molecular complexity index is 708. The van der Waals surface area contributed by atoms with E-state index in [1.165, 1.54) is 30.3 Å². The average Bonchev–Trinajstić information content (AvgIpc) is 2.51. The van der Waals surface area contributed by atoms with Crippen LogP contribution >= 0.6 is 11.6 Å². The van der Waals surface area contributed by atoms with E-state index in [9.17, 15) is 18.0 Å². The summed E-state index contributed by atoms with van der Waals surface area (Å²) in [6, 6.07) is 9.43. The van der Waals surface area contributed by atoms with Gasteiger partial charge in [0.2, 0.25) is 0 Å². The number of nitrogens with two attached hydrogens (primary N) is 1. The number of rotatable bonds is 6. The minimum atomic E-state index is -3.13. The molecule has 0 aliphatic heterocycles. The van der Waals surface area contributed by atoms with Crippen molar-refractivity contribution < 1.29 is 18.0 Å². The van der Waals surface area contributed by atoms with Crippen molar-refractivity contribution in [2.75, 3.05) is 18.8 Å². The quantitative estimate of drug-likeness (QED) is 0.622. The third-order valence-electron chi connectivity index (χ3n) is 3.18. The van der Waals surface area contributed by atoms with Gasteiger partial charge >= 0.3 is 0 Å². The molecule has 0 amide bonds. The lowest BCUT2D eigenvalue weighted by Gasteiger charge is -2.17. The molecule has 0 saturated carbocycles. The summed E-state index contributed by atoms with van der Waals surface area (Å²) < 4.78 is 41.3. The van der Waals surface area contributed by atoms with Gasteiger partial charge < -0.3 is 11.1 Å². The topological polar surface area (TPSA) is 55.1 Å².